The SMILES string of the molecule is C[C@]12CCC(OCc3ccccc3)CC1=CC[C@@H]1[C@H]2CC[C@]2(C)C(SC3(O)CC3)CC[C@@H]12. The van der Waals surface area contributed by atoms with Crippen molar-refractivity contribution >= 4 is 11.8 Å². The normalized spacial score (nSPS) is 44.2. The van der Waals surface area contributed by atoms with Crippen LogP contribution in [0, 0.1) is 28.6 Å². The summed E-state index contributed by atoms with van der Waals surface area (Å²) < 4.78 is 6.38. The monoisotopic (exact) mass is 452 g/mol. The lowest BCUT2D eigenvalue weighted by Crippen LogP contribution is -2.51. The molecule has 2 unspecified atom stereocenters. The molecular weight excluding hydrogens is 412 g/mol. The molecule has 0 amide bonds. The maximum Gasteiger partial charge on any atom is 0.111 e. The first-order valence-electron chi connectivity index (χ1n) is 13.1. The van der Waals surface area contributed by atoms with Crippen LogP contribution in [0.1, 0.15) is 83.6 Å². The number of aliphatic hydroxyl groups is 1. The van der Waals surface area contributed by atoms with Gasteiger partial charge in [-0.3, -0.25) is 0 Å². The Bertz CT molecular complexity index is 876. The Morgan fingerprint density at radius 1 is 0.969 bits per heavy atom. The van der Waals surface area contributed by atoms with Crippen LogP contribution in [0.4, 0.5) is 0 Å². The fourth-order valence-electron chi connectivity index (χ4n) is 8.19. The smallest absolute Gasteiger partial charge is 0.111 e. The number of rotatable bonds is 5. The molecule has 0 heterocycles. The van der Waals surface area contributed by atoms with Gasteiger partial charge < -0.3 is 9.84 Å². The van der Waals surface area contributed by atoms with Crippen LogP contribution >= 0.6 is 11.8 Å². The predicted molar refractivity (Wildman–Crippen MR) is 132 cm³/mol. The summed E-state index contributed by atoms with van der Waals surface area (Å²) in [5.74, 6) is 2.55. The molecule has 0 spiro atoms. The van der Waals surface area contributed by atoms with Gasteiger partial charge in [0.1, 0.15) is 4.93 Å². The minimum atomic E-state index is -0.372. The zero-order chi connectivity index (χ0) is 22.0. The van der Waals surface area contributed by atoms with E-state index >= 15 is 0 Å². The average molecular weight is 453 g/mol. The second-order valence-electron chi connectivity index (χ2n) is 12.1. The highest BCUT2D eigenvalue weighted by Crippen LogP contribution is 2.68. The molecule has 0 aromatic heterocycles. The Labute approximate surface area is 198 Å². The molecule has 174 valence electrons. The number of thioether (sulfide) groups is 1. The van der Waals surface area contributed by atoms with Crippen LogP contribution in [0.25, 0.3) is 0 Å². The van der Waals surface area contributed by atoms with E-state index in [1.165, 1.54) is 50.5 Å². The number of allylic oxidation sites excluding steroid dienone is 1. The number of hydrogen-bond acceptors (Lipinski definition) is 3. The summed E-state index contributed by atoms with van der Waals surface area (Å²) in [6.45, 7) is 5.92. The van der Waals surface area contributed by atoms with Gasteiger partial charge in [-0.05, 0) is 98.4 Å². The van der Waals surface area contributed by atoms with E-state index in [9.17, 15) is 5.11 Å². The van der Waals surface area contributed by atoms with E-state index < -0.39 is 0 Å². The minimum absolute atomic E-state index is 0.372. The van der Waals surface area contributed by atoms with Crippen molar-refractivity contribution in [3.05, 3.63) is 47.5 Å². The van der Waals surface area contributed by atoms with Gasteiger partial charge in [-0.1, -0.05) is 55.8 Å². The number of hydrogen-bond donors (Lipinski definition) is 1. The summed E-state index contributed by atoms with van der Waals surface area (Å²) in [6, 6.07) is 10.6. The van der Waals surface area contributed by atoms with Crippen LogP contribution in [0.5, 0.6) is 0 Å². The second kappa shape index (κ2) is 7.89. The summed E-state index contributed by atoms with van der Waals surface area (Å²) in [5.41, 5.74) is 3.82. The molecule has 1 aromatic rings. The van der Waals surface area contributed by atoms with E-state index in [0.717, 1.165) is 43.6 Å². The molecule has 5 aliphatic rings. The fraction of sp³-hybridized carbons (Fsp3) is 0.724. The van der Waals surface area contributed by atoms with E-state index in [1.54, 1.807) is 5.57 Å². The molecular formula is C29H40O2S. The number of benzene rings is 1. The van der Waals surface area contributed by atoms with E-state index in [4.69, 9.17) is 4.74 Å². The third-order valence-corrected chi connectivity index (χ3v) is 12.2. The molecule has 1 aromatic carbocycles. The van der Waals surface area contributed by atoms with Crippen LogP contribution in [-0.4, -0.2) is 21.4 Å². The molecule has 6 rings (SSSR count). The number of ether oxygens (including phenoxy) is 1. The van der Waals surface area contributed by atoms with Gasteiger partial charge in [-0.2, -0.15) is 0 Å². The van der Waals surface area contributed by atoms with Crippen molar-refractivity contribution in [2.24, 2.45) is 28.6 Å². The topological polar surface area (TPSA) is 29.5 Å². The maximum absolute atomic E-state index is 10.6. The zero-order valence-corrected chi connectivity index (χ0v) is 20.7. The van der Waals surface area contributed by atoms with Crippen LogP contribution in [0.2, 0.25) is 0 Å². The largest absolute Gasteiger partial charge is 0.379 e. The third kappa shape index (κ3) is 3.62. The quantitative estimate of drug-likeness (QED) is 0.381. The minimum Gasteiger partial charge on any atom is -0.379 e. The Hall–Kier alpha value is -0.770. The van der Waals surface area contributed by atoms with E-state index in [2.05, 4.69) is 50.3 Å². The first-order chi connectivity index (χ1) is 15.4. The lowest BCUT2D eigenvalue weighted by molar-refractivity contribution is -0.0492. The Kier molecular flexibility index (Phi) is 5.36. The second-order valence-corrected chi connectivity index (χ2v) is 13.7. The molecule has 1 N–H and O–H groups in total. The van der Waals surface area contributed by atoms with Gasteiger partial charge in [-0.25, -0.2) is 0 Å². The van der Waals surface area contributed by atoms with Crippen molar-refractivity contribution in [3.8, 4) is 0 Å². The zero-order valence-electron chi connectivity index (χ0n) is 19.9. The Morgan fingerprint density at radius 3 is 2.56 bits per heavy atom. The first kappa shape index (κ1) is 21.7. The van der Waals surface area contributed by atoms with Gasteiger partial charge in [0.05, 0.1) is 12.7 Å². The average Bonchev–Trinajstić information content (AvgIpc) is 3.43. The highest BCUT2D eigenvalue weighted by atomic mass is 32.2. The third-order valence-electron chi connectivity index (χ3n) is 10.3. The predicted octanol–water partition coefficient (Wildman–Crippen LogP) is 7.12. The van der Waals surface area contributed by atoms with Crippen molar-refractivity contribution in [2.45, 2.75) is 101 Å². The molecule has 5 aliphatic carbocycles. The Morgan fingerprint density at radius 2 is 1.78 bits per heavy atom. The molecule has 0 aliphatic heterocycles. The summed E-state index contributed by atoms with van der Waals surface area (Å²) in [6.07, 6.45) is 15.4. The van der Waals surface area contributed by atoms with Crippen LogP contribution < -0.4 is 0 Å². The highest BCUT2D eigenvalue weighted by Gasteiger charge is 2.60. The molecule has 2 nitrogen and oxygen atoms in total. The maximum atomic E-state index is 10.6. The standard InChI is InChI=1S/C29H40O2S/c1-27-14-12-22(31-19-20-6-4-3-5-7-20)18-21(27)8-9-23-24-10-11-26(32-29(30)16-17-29)28(24,2)15-13-25(23)27/h3-8,22-26,30H,9-19H2,1-2H3/t22?,23-,24-,25+,26?,27-,28-/m0/s1. The van der Waals surface area contributed by atoms with Gasteiger partial charge in [0, 0.05) is 5.25 Å². The summed E-state index contributed by atoms with van der Waals surface area (Å²) >= 11 is 1.95. The van der Waals surface area contributed by atoms with Gasteiger partial charge >= 0.3 is 0 Å². The first-order valence-corrected chi connectivity index (χ1v) is 14.0. The molecule has 3 heteroatoms. The summed E-state index contributed by atoms with van der Waals surface area (Å²) in [4.78, 5) is -0.372. The molecule has 0 saturated heterocycles. The van der Waals surface area contributed by atoms with Crippen LogP contribution in [0.3, 0.4) is 0 Å². The van der Waals surface area contributed by atoms with E-state index in [0.29, 0.717) is 22.2 Å². The van der Waals surface area contributed by atoms with Crippen molar-refractivity contribution in [3.63, 3.8) is 0 Å². The highest BCUT2D eigenvalue weighted by molar-refractivity contribution is 8.01. The molecule has 7 atom stereocenters. The molecule has 0 radical (unpaired) electrons. The fourth-order valence-corrected chi connectivity index (χ4v) is 9.88. The lowest BCUT2D eigenvalue weighted by Gasteiger charge is -2.58. The van der Waals surface area contributed by atoms with Crippen LogP contribution in [-0.2, 0) is 11.3 Å². The Balaban J connectivity index is 1.15. The number of fused-ring (bicyclic) bond motifs is 5. The van der Waals surface area contributed by atoms with Crippen LogP contribution in [0.15, 0.2) is 42.0 Å². The lowest BCUT2D eigenvalue weighted by atomic mass is 9.48. The molecule has 4 saturated carbocycles. The van der Waals surface area contributed by atoms with Crippen molar-refractivity contribution in [1.29, 1.82) is 0 Å². The molecule has 4 fully saturated rings. The van der Waals surface area contributed by atoms with Gasteiger partial charge in [0.15, 0.2) is 0 Å². The van der Waals surface area contributed by atoms with E-state index in [1.807, 2.05) is 11.8 Å². The van der Waals surface area contributed by atoms with Crippen molar-refractivity contribution < 1.29 is 9.84 Å². The van der Waals surface area contributed by atoms with Gasteiger partial charge in [-0.15, -0.1) is 11.8 Å². The molecule has 32 heavy (non-hydrogen) atoms. The summed E-state index contributed by atoms with van der Waals surface area (Å²) in [5, 5.41) is 11.3. The van der Waals surface area contributed by atoms with Crippen molar-refractivity contribution in [1.82, 2.24) is 0 Å². The van der Waals surface area contributed by atoms with Gasteiger partial charge in [0.25, 0.3) is 0 Å². The van der Waals surface area contributed by atoms with Gasteiger partial charge in [0.2, 0.25) is 0 Å². The van der Waals surface area contributed by atoms with Crippen molar-refractivity contribution in [2.75, 3.05) is 0 Å². The molecule has 0 bridgehead atoms. The van der Waals surface area contributed by atoms with E-state index in [-0.39, 0.29) is 4.93 Å². The summed E-state index contributed by atoms with van der Waals surface area (Å²) in [7, 11) is 0.